The number of benzene rings is 1. The first-order chi connectivity index (χ1) is 12.1. The Hall–Kier alpha value is -2.32. The molecule has 0 bridgehead atoms. The fourth-order valence-corrected chi connectivity index (χ4v) is 3.61. The van der Waals surface area contributed by atoms with Crippen LogP contribution >= 0.6 is 22.9 Å². The van der Waals surface area contributed by atoms with Crippen LogP contribution in [0, 0.1) is 0 Å². The van der Waals surface area contributed by atoms with E-state index in [0.717, 1.165) is 10.2 Å². The van der Waals surface area contributed by atoms with Crippen molar-refractivity contribution in [2.75, 3.05) is 20.3 Å². The average Bonchev–Trinajstić information content (AvgIpc) is 2.96. The highest BCUT2D eigenvalue weighted by atomic mass is 35.5. The molecule has 1 aromatic heterocycles. The second kappa shape index (κ2) is 7.71. The average molecular weight is 383 g/mol. The van der Waals surface area contributed by atoms with E-state index in [9.17, 15) is 9.59 Å². The Morgan fingerprint density at radius 2 is 2.24 bits per heavy atom. The van der Waals surface area contributed by atoms with Crippen LogP contribution in [0.3, 0.4) is 0 Å². The maximum Gasteiger partial charge on any atom is 0.317 e. The third kappa shape index (κ3) is 4.02. The summed E-state index contributed by atoms with van der Waals surface area (Å²) in [6, 6.07) is 5.37. The van der Waals surface area contributed by atoms with Gasteiger partial charge >= 0.3 is 11.9 Å². The number of rotatable bonds is 4. The number of ether oxygens (including phenoxy) is 3. The zero-order valence-electron chi connectivity index (χ0n) is 13.4. The van der Waals surface area contributed by atoms with Crippen molar-refractivity contribution in [1.29, 1.82) is 0 Å². The number of fused-ring (bicyclic) bond motifs is 1. The van der Waals surface area contributed by atoms with Gasteiger partial charge in [0.1, 0.15) is 19.5 Å². The molecule has 0 unspecified atom stereocenters. The molecule has 1 amide bonds. The molecule has 9 heteroatoms. The highest BCUT2D eigenvalue weighted by Crippen LogP contribution is 2.22. The molecular formula is C16H15ClN2O5S. The number of carbonyl (C=O) groups is 2. The van der Waals surface area contributed by atoms with E-state index in [1.54, 1.807) is 16.7 Å². The lowest BCUT2D eigenvalue weighted by molar-refractivity contribution is -0.140. The molecule has 132 valence electrons. The Morgan fingerprint density at radius 3 is 2.96 bits per heavy atom. The number of amides is 1. The Bertz CT molecular complexity index is 915. The second-order valence-electron chi connectivity index (χ2n) is 5.09. The summed E-state index contributed by atoms with van der Waals surface area (Å²) in [5, 5.41) is 0.582. The van der Waals surface area contributed by atoms with E-state index in [1.165, 1.54) is 24.7 Å². The lowest BCUT2D eigenvalue weighted by atomic mass is 10.3. The van der Waals surface area contributed by atoms with Gasteiger partial charge in [0.2, 0.25) is 5.76 Å². The smallest absolute Gasteiger partial charge is 0.317 e. The van der Waals surface area contributed by atoms with Gasteiger partial charge in [-0.15, -0.1) is 0 Å². The van der Waals surface area contributed by atoms with Gasteiger partial charge in [0, 0.05) is 11.6 Å². The molecule has 0 saturated carbocycles. The summed E-state index contributed by atoms with van der Waals surface area (Å²) >= 11 is 7.34. The fourth-order valence-electron chi connectivity index (χ4n) is 2.28. The van der Waals surface area contributed by atoms with Crippen molar-refractivity contribution in [2.24, 2.45) is 4.99 Å². The number of nitrogens with zero attached hydrogens (tertiary/aromatic N) is 2. The first kappa shape index (κ1) is 17.5. The molecule has 1 aliphatic heterocycles. The SMILES string of the molecule is COC(=O)CCn1c(=NC(=O)C2=COCCO2)sc2cc(Cl)ccc21. The predicted molar refractivity (Wildman–Crippen MR) is 92.0 cm³/mol. The molecule has 2 heterocycles. The monoisotopic (exact) mass is 382 g/mol. The molecule has 0 fully saturated rings. The summed E-state index contributed by atoms with van der Waals surface area (Å²) in [5.74, 6) is -0.824. The van der Waals surface area contributed by atoms with Gasteiger partial charge in [-0.2, -0.15) is 4.99 Å². The van der Waals surface area contributed by atoms with Crippen molar-refractivity contribution in [3.05, 3.63) is 40.0 Å². The van der Waals surface area contributed by atoms with E-state index in [2.05, 4.69) is 9.73 Å². The van der Waals surface area contributed by atoms with Crippen LogP contribution in [-0.4, -0.2) is 36.8 Å². The predicted octanol–water partition coefficient (Wildman–Crippen LogP) is 2.23. The number of aryl methyl sites for hydroxylation is 1. The van der Waals surface area contributed by atoms with E-state index >= 15 is 0 Å². The number of hydrogen-bond acceptors (Lipinski definition) is 6. The molecule has 0 aliphatic carbocycles. The van der Waals surface area contributed by atoms with Gasteiger partial charge in [0.25, 0.3) is 0 Å². The van der Waals surface area contributed by atoms with Crippen LogP contribution in [0.4, 0.5) is 0 Å². The first-order valence-electron chi connectivity index (χ1n) is 7.48. The zero-order chi connectivity index (χ0) is 17.8. The molecule has 0 N–H and O–H groups in total. The van der Waals surface area contributed by atoms with Crippen LogP contribution in [-0.2, 0) is 30.3 Å². The number of hydrogen-bond donors (Lipinski definition) is 0. The van der Waals surface area contributed by atoms with E-state index < -0.39 is 5.91 Å². The normalized spacial score (nSPS) is 14.6. The number of aromatic nitrogens is 1. The molecule has 0 atom stereocenters. The summed E-state index contributed by atoms with van der Waals surface area (Å²) in [7, 11) is 1.33. The van der Waals surface area contributed by atoms with Crippen molar-refractivity contribution in [2.45, 2.75) is 13.0 Å². The van der Waals surface area contributed by atoms with Crippen LogP contribution < -0.4 is 4.80 Å². The molecule has 0 saturated heterocycles. The lowest BCUT2D eigenvalue weighted by Crippen LogP contribution is -2.21. The molecular weight excluding hydrogens is 368 g/mol. The van der Waals surface area contributed by atoms with Crippen molar-refractivity contribution < 1.29 is 23.8 Å². The van der Waals surface area contributed by atoms with Crippen molar-refractivity contribution in [3.63, 3.8) is 0 Å². The van der Waals surface area contributed by atoms with Crippen molar-refractivity contribution in [1.82, 2.24) is 4.57 Å². The minimum atomic E-state index is -0.538. The van der Waals surface area contributed by atoms with Gasteiger partial charge in [-0.05, 0) is 18.2 Å². The van der Waals surface area contributed by atoms with Crippen molar-refractivity contribution in [3.8, 4) is 0 Å². The van der Waals surface area contributed by atoms with Gasteiger partial charge in [-0.3, -0.25) is 9.59 Å². The molecule has 1 aliphatic rings. The van der Waals surface area contributed by atoms with Gasteiger partial charge < -0.3 is 18.8 Å². The maximum atomic E-state index is 12.3. The highest BCUT2D eigenvalue weighted by molar-refractivity contribution is 7.16. The summed E-state index contributed by atoms with van der Waals surface area (Å²) < 4.78 is 17.7. The fraction of sp³-hybridized carbons (Fsp3) is 0.312. The molecule has 2 aromatic rings. The zero-order valence-corrected chi connectivity index (χ0v) is 14.9. The number of methoxy groups -OCH3 is 1. The van der Waals surface area contributed by atoms with E-state index in [4.69, 9.17) is 21.1 Å². The minimum Gasteiger partial charge on any atom is -0.494 e. The largest absolute Gasteiger partial charge is 0.494 e. The van der Waals surface area contributed by atoms with Crippen LogP contribution in [0.1, 0.15) is 6.42 Å². The summed E-state index contributed by atoms with van der Waals surface area (Å²) in [6.45, 7) is 1.03. The minimum absolute atomic E-state index is 0.0567. The molecule has 7 nitrogen and oxygen atoms in total. The number of halogens is 1. The van der Waals surface area contributed by atoms with Crippen LogP contribution in [0.15, 0.2) is 35.2 Å². The van der Waals surface area contributed by atoms with Gasteiger partial charge in [-0.25, -0.2) is 0 Å². The highest BCUT2D eigenvalue weighted by Gasteiger charge is 2.16. The van der Waals surface area contributed by atoms with Crippen LogP contribution in [0.25, 0.3) is 10.2 Å². The summed E-state index contributed by atoms with van der Waals surface area (Å²) in [5.41, 5.74) is 0.833. The Morgan fingerprint density at radius 1 is 1.40 bits per heavy atom. The molecule has 3 rings (SSSR count). The Labute approximate surface area is 152 Å². The third-order valence-corrected chi connectivity index (χ3v) is 4.75. The Balaban J connectivity index is 2.02. The van der Waals surface area contributed by atoms with Crippen LogP contribution in [0.2, 0.25) is 5.02 Å². The van der Waals surface area contributed by atoms with E-state index in [0.29, 0.717) is 29.6 Å². The summed E-state index contributed by atoms with van der Waals surface area (Å²) in [6.07, 6.45) is 1.42. The number of thiazole rings is 1. The van der Waals surface area contributed by atoms with E-state index in [-0.39, 0.29) is 18.1 Å². The summed E-state index contributed by atoms with van der Waals surface area (Å²) in [4.78, 5) is 28.3. The molecule has 0 radical (unpaired) electrons. The van der Waals surface area contributed by atoms with Crippen molar-refractivity contribution >= 4 is 45.0 Å². The number of esters is 1. The lowest BCUT2D eigenvalue weighted by Gasteiger charge is -2.12. The van der Waals surface area contributed by atoms with Gasteiger partial charge in [-0.1, -0.05) is 22.9 Å². The topological polar surface area (TPSA) is 79.1 Å². The molecule has 1 aromatic carbocycles. The van der Waals surface area contributed by atoms with Gasteiger partial charge in [0.05, 0.1) is 23.7 Å². The van der Waals surface area contributed by atoms with Crippen LogP contribution in [0.5, 0.6) is 0 Å². The standard InChI is InChI=1S/C16H15ClN2O5S/c1-22-14(20)4-5-19-11-3-2-10(17)8-13(11)25-16(19)18-15(21)12-9-23-6-7-24-12/h2-3,8-9H,4-7H2,1H3. The maximum absolute atomic E-state index is 12.3. The molecule has 0 spiro atoms. The molecule has 25 heavy (non-hydrogen) atoms. The van der Waals surface area contributed by atoms with Gasteiger partial charge in [0.15, 0.2) is 4.80 Å². The van der Waals surface area contributed by atoms with E-state index in [1.807, 2.05) is 6.07 Å². The Kier molecular flexibility index (Phi) is 5.40. The number of carbonyl (C=O) groups excluding carboxylic acids is 2. The first-order valence-corrected chi connectivity index (χ1v) is 8.67. The quantitative estimate of drug-likeness (QED) is 0.758. The third-order valence-electron chi connectivity index (χ3n) is 3.47. The second-order valence-corrected chi connectivity index (χ2v) is 6.54.